The Bertz CT molecular complexity index is 710. The van der Waals surface area contributed by atoms with Gasteiger partial charge in [0.15, 0.2) is 6.61 Å². The fourth-order valence-corrected chi connectivity index (χ4v) is 2.25. The minimum Gasteiger partial charge on any atom is -0.483 e. The van der Waals surface area contributed by atoms with Gasteiger partial charge in [-0.2, -0.15) is 0 Å². The zero-order chi connectivity index (χ0) is 16.1. The molecule has 0 spiro atoms. The van der Waals surface area contributed by atoms with Gasteiger partial charge in [-0.25, -0.2) is 0 Å². The van der Waals surface area contributed by atoms with Crippen LogP contribution in [0.2, 0.25) is 0 Å². The molecule has 0 unspecified atom stereocenters. The van der Waals surface area contributed by atoms with Crippen LogP contribution in [-0.2, 0) is 0 Å². The van der Waals surface area contributed by atoms with Gasteiger partial charge in [-0.1, -0.05) is 24.3 Å². The lowest BCUT2D eigenvalue weighted by Crippen LogP contribution is -2.31. The average molecular weight is 298 g/mol. The highest BCUT2D eigenvalue weighted by Gasteiger charge is 2.09. The smallest absolute Gasteiger partial charge is 0.270 e. The molecule has 0 aliphatic rings. The van der Waals surface area contributed by atoms with Crippen molar-refractivity contribution in [3.63, 3.8) is 0 Å². The fourth-order valence-electron chi connectivity index (χ4n) is 2.25. The van der Waals surface area contributed by atoms with Crippen molar-refractivity contribution in [3.8, 4) is 5.75 Å². The van der Waals surface area contributed by atoms with Crippen molar-refractivity contribution in [2.75, 3.05) is 6.61 Å². The molecular weight excluding hydrogens is 276 g/mol. The van der Waals surface area contributed by atoms with Crippen molar-refractivity contribution < 1.29 is 9.53 Å². The summed E-state index contributed by atoms with van der Waals surface area (Å²) in [5.41, 5.74) is 2.70. The van der Waals surface area contributed by atoms with Crippen LogP contribution in [0.3, 0.4) is 0 Å². The summed E-state index contributed by atoms with van der Waals surface area (Å²) in [4.78, 5) is 16.9. The Kier molecular flexibility index (Phi) is 5.15. The number of carbonyl (C=O) groups is 1. The van der Waals surface area contributed by atoms with Gasteiger partial charge in [-0.3, -0.25) is 14.4 Å². The van der Waals surface area contributed by atoms with E-state index in [0.717, 1.165) is 16.9 Å². The molecule has 4 nitrogen and oxygen atoms in total. The van der Waals surface area contributed by atoms with Crippen molar-refractivity contribution in [1.29, 1.82) is 0 Å². The van der Waals surface area contributed by atoms with Crippen molar-refractivity contribution in [2.24, 2.45) is 4.99 Å². The highest BCUT2D eigenvalue weighted by molar-refractivity contribution is 5.80. The predicted octanol–water partition coefficient (Wildman–Crippen LogP) is 3.13. The largest absolute Gasteiger partial charge is 0.483 e. The van der Waals surface area contributed by atoms with Crippen LogP contribution < -0.4 is 10.2 Å². The molecule has 0 saturated carbocycles. The number of benzene rings is 1. The minimum atomic E-state index is -0.136. The molecule has 0 atom stereocenters. The third-order valence-electron chi connectivity index (χ3n) is 3.25. The zero-order valence-electron chi connectivity index (χ0n) is 13.5. The van der Waals surface area contributed by atoms with E-state index in [2.05, 4.69) is 4.99 Å². The van der Waals surface area contributed by atoms with Crippen molar-refractivity contribution in [1.82, 2.24) is 4.57 Å². The van der Waals surface area contributed by atoms with E-state index in [1.54, 1.807) is 6.20 Å². The van der Waals surface area contributed by atoms with Gasteiger partial charge in [0.2, 0.25) is 0 Å². The van der Waals surface area contributed by atoms with Gasteiger partial charge in [0.05, 0.1) is 0 Å². The van der Waals surface area contributed by atoms with Crippen LogP contribution in [0.1, 0.15) is 29.8 Å². The normalized spacial score (nSPS) is 11.8. The van der Waals surface area contributed by atoms with Gasteiger partial charge < -0.3 is 4.74 Å². The molecule has 0 radical (unpaired) electrons. The third-order valence-corrected chi connectivity index (χ3v) is 3.25. The zero-order valence-corrected chi connectivity index (χ0v) is 13.5. The summed E-state index contributed by atoms with van der Waals surface area (Å²) in [6, 6.07) is 11.6. The quantitative estimate of drug-likeness (QED) is 0.870. The predicted molar refractivity (Wildman–Crippen MR) is 87.2 cm³/mol. The second-order valence-electron chi connectivity index (χ2n) is 5.56. The number of ether oxygens (including phenoxy) is 1. The Morgan fingerprint density at radius 1 is 1.14 bits per heavy atom. The van der Waals surface area contributed by atoms with Gasteiger partial charge in [-0.05, 0) is 51.0 Å². The summed E-state index contributed by atoms with van der Waals surface area (Å²) < 4.78 is 7.27. The van der Waals surface area contributed by atoms with Crippen LogP contribution >= 0.6 is 0 Å². The van der Waals surface area contributed by atoms with Crippen molar-refractivity contribution >= 4 is 5.91 Å². The average Bonchev–Trinajstić information content (AvgIpc) is 2.46. The molecule has 1 aromatic carbocycles. The number of nitrogens with zero attached hydrogens (tertiary/aromatic N) is 2. The molecule has 0 N–H and O–H groups in total. The Morgan fingerprint density at radius 3 is 2.45 bits per heavy atom. The number of hydrogen-bond donors (Lipinski definition) is 0. The second kappa shape index (κ2) is 7.07. The van der Waals surface area contributed by atoms with E-state index in [9.17, 15) is 4.79 Å². The molecular formula is C18H22N2O2. The molecule has 0 aliphatic carbocycles. The van der Waals surface area contributed by atoms with Crippen LogP contribution in [0.5, 0.6) is 5.75 Å². The van der Waals surface area contributed by atoms with Gasteiger partial charge in [0.1, 0.15) is 11.2 Å². The topological polar surface area (TPSA) is 43.6 Å². The van der Waals surface area contributed by atoms with E-state index < -0.39 is 0 Å². The molecule has 22 heavy (non-hydrogen) atoms. The number of carbonyl (C=O) groups excluding carboxylic acids is 1. The number of aromatic nitrogens is 1. The number of aryl methyl sites for hydroxylation is 2. The van der Waals surface area contributed by atoms with Gasteiger partial charge in [0.25, 0.3) is 5.91 Å². The number of hydrogen-bond acceptors (Lipinski definition) is 3. The van der Waals surface area contributed by atoms with E-state index in [1.165, 1.54) is 4.57 Å². The molecule has 0 aliphatic heterocycles. The summed E-state index contributed by atoms with van der Waals surface area (Å²) >= 11 is 0. The molecule has 1 heterocycles. The number of rotatable bonds is 4. The Hall–Kier alpha value is -2.36. The van der Waals surface area contributed by atoms with E-state index in [4.69, 9.17) is 4.74 Å². The first-order valence-corrected chi connectivity index (χ1v) is 7.43. The Labute approximate surface area is 131 Å². The summed E-state index contributed by atoms with van der Waals surface area (Å²) in [7, 11) is 0. The van der Waals surface area contributed by atoms with Gasteiger partial charge in [0, 0.05) is 12.2 Å². The number of para-hydroxylation sites is 1. The lowest BCUT2D eigenvalue weighted by molar-refractivity contribution is 0.0831. The lowest BCUT2D eigenvalue weighted by Gasteiger charge is -2.12. The maximum atomic E-state index is 12.4. The molecule has 0 amide bonds. The van der Waals surface area contributed by atoms with Crippen LogP contribution in [0.4, 0.5) is 0 Å². The SMILES string of the molecule is Cc1cccc(C)c1OCC(=O)n1ccccc1=NC(C)C. The summed E-state index contributed by atoms with van der Waals surface area (Å²) in [5, 5.41) is 0. The molecule has 116 valence electrons. The first-order chi connectivity index (χ1) is 10.5. The first kappa shape index (κ1) is 16.0. The van der Waals surface area contributed by atoms with E-state index in [-0.39, 0.29) is 18.6 Å². The second-order valence-corrected chi connectivity index (χ2v) is 5.56. The van der Waals surface area contributed by atoms with E-state index in [1.807, 2.05) is 64.1 Å². The Morgan fingerprint density at radius 2 is 1.82 bits per heavy atom. The van der Waals surface area contributed by atoms with Crippen LogP contribution in [-0.4, -0.2) is 23.1 Å². The van der Waals surface area contributed by atoms with E-state index >= 15 is 0 Å². The maximum absolute atomic E-state index is 12.4. The Balaban J connectivity index is 2.21. The maximum Gasteiger partial charge on any atom is 0.270 e. The third kappa shape index (κ3) is 3.85. The van der Waals surface area contributed by atoms with Crippen LogP contribution in [0.15, 0.2) is 47.6 Å². The molecule has 1 aromatic heterocycles. The highest BCUT2D eigenvalue weighted by atomic mass is 16.5. The molecule has 0 saturated heterocycles. The van der Waals surface area contributed by atoms with Gasteiger partial charge in [-0.15, -0.1) is 0 Å². The van der Waals surface area contributed by atoms with E-state index in [0.29, 0.717) is 5.49 Å². The first-order valence-electron chi connectivity index (χ1n) is 7.43. The van der Waals surface area contributed by atoms with Crippen molar-refractivity contribution in [2.45, 2.75) is 33.7 Å². The fraction of sp³-hybridized carbons (Fsp3) is 0.333. The molecule has 4 heteroatoms. The monoisotopic (exact) mass is 298 g/mol. The summed E-state index contributed by atoms with van der Waals surface area (Å²) in [5.74, 6) is 0.636. The molecule has 0 bridgehead atoms. The molecule has 2 rings (SSSR count). The van der Waals surface area contributed by atoms with Gasteiger partial charge >= 0.3 is 0 Å². The van der Waals surface area contributed by atoms with Crippen molar-refractivity contribution in [3.05, 3.63) is 59.2 Å². The highest BCUT2D eigenvalue weighted by Crippen LogP contribution is 2.22. The summed E-state index contributed by atoms with van der Waals surface area (Å²) in [6.07, 6.45) is 1.72. The molecule has 0 fully saturated rings. The molecule has 2 aromatic rings. The lowest BCUT2D eigenvalue weighted by atomic mass is 10.1. The summed E-state index contributed by atoms with van der Waals surface area (Å²) in [6.45, 7) is 7.90. The standard InChI is InChI=1S/C18H22N2O2/c1-13(2)19-16-10-5-6-11-20(16)17(21)12-22-18-14(3)8-7-9-15(18)4/h5-11,13H,12H2,1-4H3. The van der Waals surface area contributed by atoms with Crippen LogP contribution in [0, 0.1) is 13.8 Å². The number of pyridine rings is 1. The van der Waals surface area contributed by atoms with Crippen LogP contribution in [0.25, 0.3) is 0 Å². The minimum absolute atomic E-state index is 0.0129.